The molecule has 1 unspecified atom stereocenters. The molecule has 24 heavy (non-hydrogen) atoms. The van der Waals surface area contributed by atoms with E-state index in [1.54, 1.807) is 0 Å². The van der Waals surface area contributed by atoms with Crippen molar-refractivity contribution in [3.63, 3.8) is 0 Å². The number of carbonyl (C=O) groups excluding carboxylic acids is 1. The Morgan fingerprint density at radius 1 is 1.00 bits per heavy atom. The largest absolute Gasteiger partial charge is 1.00 e. The van der Waals surface area contributed by atoms with Gasteiger partial charge in [-0.15, -0.1) is 0 Å². The van der Waals surface area contributed by atoms with Crippen LogP contribution in [0.4, 0.5) is 0 Å². The quantitative estimate of drug-likeness (QED) is 0.164. The van der Waals surface area contributed by atoms with Gasteiger partial charge in [0.15, 0.2) is 5.78 Å². The van der Waals surface area contributed by atoms with Crippen molar-refractivity contribution in [2.75, 3.05) is 13.2 Å². The molecule has 4 atom stereocenters. The van der Waals surface area contributed by atoms with Gasteiger partial charge in [0.25, 0.3) is 7.82 Å². The monoisotopic (exact) mass is 424 g/mol. The first-order valence-electron chi connectivity index (χ1n) is 4.81. The minimum absolute atomic E-state index is 0. The fourth-order valence-corrected chi connectivity index (χ4v) is 1.74. The second-order valence-corrected chi connectivity index (χ2v) is 5.79. The molecule has 0 saturated carbocycles. The van der Waals surface area contributed by atoms with Crippen LogP contribution in [0.1, 0.15) is 0 Å². The Morgan fingerprint density at radius 3 is 1.54 bits per heavy atom. The van der Waals surface area contributed by atoms with Gasteiger partial charge in [0.1, 0.15) is 24.9 Å². The van der Waals surface area contributed by atoms with Crippen LogP contribution in [-0.2, 0) is 18.2 Å². The molecular weight excluding hydrogens is 411 g/mol. The van der Waals surface area contributed by atoms with Gasteiger partial charge in [0.2, 0.25) is 0 Å². The first-order valence-corrected chi connectivity index (χ1v) is 7.76. The number of rotatable bonds is 7. The zero-order chi connectivity index (χ0) is 17.4. The van der Waals surface area contributed by atoms with Gasteiger partial charge >= 0.3 is 88.7 Å². The number of phosphoric acid groups is 2. The molecule has 0 fully saturated rings. The first-order chi connectivity index (χ1) is 9.25. The zero-order valence-corrected chi connectivity index (χ0v) is 20.9. The number of hydrogen-bond acceptors (Lipinski definition) is 12. The summed E-state index contributed by atoms with van der Waals surface area (Å²) < 4.78 is 21.4. The molecule has 18 heteroatoms. The maximum absolute atomic E-state index is 10.5. The number of aliphatic hydroxyl groups excluding tert-OH is 5. The molecule has 13 nitrogen and oxygen atoms in total. The standard InChI is InChI=1S/C6H12O6.3Na.H4O7P2/c7-1-3(9)5(11)6(12)4(10)2-8;;;;1-8(2,3)7-9(4,5)6/h3,5-9,11-12H,1-2H2;;;;(H2,1,2,3)(H2,4,5,6)/q;3*+1;/p-3/t3-,5-,6-;;;;/m1..../s1. The van der Waals surface area contributed by atoms with Crippen LogP contribution in [-0.4, -0.2) is 67.7 Å². The summed E-state index contributed by atoms with van der Waals surface area (Å²) in [6.07, 6.45) is -5.22. The van der Waals surface area contributed by atoms with Crippen molar-refractivity contribution in [1.82, 2.24) is 0 Å². The number of ketones is 1. The fraction of sp³-hybridized carbons (Fsp3) is 0.833. The van der Waals surface area contributed by atoms with Crippen LogP contribution in [0.2, 0.25) is 0 Å². The molecule has 0 bridgehead atoms. The van der Waals surface area contributed by atoms with E-state index >= 15 is 0 Å². The van der Waals surface area contributed by atoms with Crippen molar-refractivity contribution in [2.45, 2.75) is 18.3 Å². The average Bonchev–Trinajstić information content (AvgIpc) is 2.31. The van der Waals surface area contributed by atoms with Crippen molar-refractivity contribution < 1.29 is 152 Å². The number of carbonyl (C=O) groups is 1. The van der Waals surface area contributed by atoms with E-state index in [1.807, 2.05) is 0 Å². The van der Waals surface area contributed by atoms with Crippen LogP contribution in [0.5, 0.6) is 0 Å². The molecule has 0 aliphatic carbocycles. The summed E-state index contributed by atoms with van der Waals surface area (Å²) in [7, 11) is -11.0. The normalized spacial score (nSPS) is 16.4. The Kier molecular flexibility index (Phi) is 27.8. The van der Waals surface area contributed by atoms with Gasteiger partial charge < -0.3 is 49.7 Å². The van der Waals surface area contributed by atoms with E-state index in [-0.39, 0.29) is 88.7 Å². The van der Waals surface area contributed by atoms with Gasteiger partial charge in [-0.05, 0) is 0 Å². The third kappa shape index (κ3) is 22.8. The molecule has 0 aliphatic rings. The predicted molar refractivity (Wildman–Crippen MR) is 55.7 cm³/mol. The van der Waals surface area contributed by atoms with E-state index in [2.05, 4.69) is 4.31 Å². The maximum Gasteiger partial charge on any atom is 1.00 e. The van der Waals surface area contributed by atoms with E-state index in [0.717, 1.165) is 0 Å². The summed E-state index contributed by atoms with van der Waals surface area (Å²) in [6.45, 7) is -1.69. The van der Waals surface area contributed by atoms with E-state index in [0.29, 0.717) is 0 Å². The predicted octanol–water partition coefficient (Wildman–Crippen LogP) is -15.1. The molecule has 0 rings (SSSR count). The first kappa shape index (κ1) is 37.5. The van der Waals surface area contributed by atoms with Gasteiger partial charge in [-0.25, -0.2) is 0 Å². The smallest absolute Gasteiger partial charge is 0.790 e. The molecule has 0 aromatic heterocycles. The second-order valence-electron chi connectivity index (χ2n) is 3.31. The van der Waals surface area contributed by atoms with Crippen molar-refractivity contribution in [1.29, 1.82) is 0 Å². The number of hydrogen-bond donors (Lipinski definition) is 6. The molecule has 0 spiro atoms. The fourth-order valence-electron chi connectivity index (χ4n) is 0.729. The minimum Gasteiger partial charge on any atom is -0.790 e. The van der Waals surface area contributed by atoms with E-state index < -0.39 is 53.0 Å². The van der Waals surface area contributed by atoms with E-state index in [4.69, 9.17) is 30.4 Å². The van der Waals surface area contributed by atoms with E-state index in [9.17, 15) is 28.6 Å². The zero-order valence-electron chi connectivity index (χ0n) is 13.1. The van der Waals surface area contributed by atoms with E-state index in [1.165, 1.54) is 0 Å². The van der Waals surface area contributed by atoms with Gasteiger partial charge in [0.05, 0.1) is 14.4 Å². The Balaban J connectivity index is -0.0000000918. The molecular formula is C6H13Na3O13P2. The summed E-state index contributed by atoms with van der Waals surface area (Å²) in [6, 6.07) is 0. The molecule has 0 aromatic rings. The Hall–Kier alpha value is 2.73. The minimum atomic E-state index is -5.61. The number of Topliss-reactive ketones (excluding diaryl/α,β-unsaturated/α-hetero) is 1. The Labute approximate surface area is 202 Å². The molecule has 0 amide bonds. The van der Waals surface area contributed by atoms with Crippen molar-refractivity contribution in [2.24, 2.45) is 0 Å². The van der Waals surface area contributed by atoms with Crippen molar-refractivity contribution >= 4 is 21.4 Å². The van der Waals surface area contributed by atoms with Gasteiger partial charge in [-0.1, -0.05) is 0 Å². The van der Waals surface area contributed by atoms with Crippen LogP contribution < -0.4 is 103 Å². The summed E-state index contributed by atoms with van der Waals surface area (Å²) in [5.41, 5.74) is 0. The topological polar surface area (TPSA) is 251 Å². The van der Waals surface area contributed by atoms with Crippen LogP contribution in [0.3, 0.4) is 0 Å². The molecule has 0 radical (unpaired) electrons. The van der Waals surface area contributed by atoms with Crippen LogP contribution in [0.25, 0.3) is 0 Å². The Morgan fingerprint density at radius 2 is 1.38 bits per heavy atom. The average molecular weight is 424 g/mol. The summed E-state index contributed by atoms with van der Waals surface area (Å²) in [4.78, 5) is 46.2. The molecule has 6 N–H and O–H groups in total. The van der Waals surface area contributed by atoms with Crippen molar-refractivity contribution in [3.05, 3.63) is 0 Å². The molecule has 0 saturated heterocycles. The molecule has 0 heterocycles. The molecule has 0 aliphatic heterocycles. The summed E-state index contributed by atoms with van der Waals surface area (Å²) >= 11 is 0. The van der Waals surface area contributed by atoms with Crippen LogP contribution >= 0.6 is 15.6 Å². The van der Waals surface area contributed by atoms with Gasteiger partial charge in [0, 0.05) is 0 Å². The maximum atomic E-state index is 10.5. The Bertz CT molecular complexity index is 391. The second kappa shape index (κ2) is 17.8. The molecule has 128 valence electrons. The summed E-state index contributed by atoms with van der Waals surface area (Å²) in [5.74, 6) is -1.00. The van der Waals surface area contributed by atoms with Gasteiger partial charge in [-0.3, -0.25) is 13.7 Å². The SMILES string of the molecule is O=C(CO)[C@@H](O)[C@H](O)[C@H](O)CO.O=P([O-])([O-])OP(=O)([O-])O.[Na+].[Na+].[Na+]. The summed E-state index contributed by atoms with van der Waals surface area (Å²) in [5, 5.41) is 43.1. The van der Waals surface area contributed by atoms with Crippen LogP contribution in [0.15, 0.2) is 0 Å². The third-order valence-electron chi connectivity index (χ3n) is 1.59. The van der Waals surface area contributed by atoms with Crippen molar-refractivity contribution in [3.8, 4) is 0 Å². The molecule has 0 aromatic carbocycles. The number of aliphatic hydroxyl groups is 5. The van der Waals surface area contributed by atoms with Gasteiger partial charge in [-0.2, -0.15) is 0 Å². The van der Waals surface area contributed by atoms with Crippen LogP contribution in [0, 0.1) is 0 Å². The third-order valence-corrected chi connectivity index (χ3v) is 3.22.